The molecule has 0 amide bonds. The molecular formula is C22H19ClN2O5. The van der Waals surface area contributed by atoms with Gasteiger partial charge in [0.1, 0.15) is 17.1 Å². The van der Waals surface area contributed by atoms with Crippen molar-refractivity contribution in [3.63, 3.8) is 0 Å². The molecule has 7 nitrogen and oxygen atoms in total. The van der Waals surface area contributed by atoms with Crippen LogP contribution < -0.4 is 10.4 Å². The summed E-state index contributed by atoms with van der Waals surface area (Å²) in [6.07, 6.45) is 0. The number of hydrogen-bond donors (Lipinski definition) is 0. The fourth-order valence-corrected chi connectivity index (χ4v) is 3.73. The SMILES string of the molecule is Cc1cc(-n2c(C)cc(C(=O)COc3cc4oc(=O)cc(C)c4cc3Cl)c2C)no1. The van der Waals surface area contributed by atoms with Crippen molar-refractivity contribution in [3.8, 4) is 11.6 Å². The number of Topliss-reactive ketones (excluding diaryl/α,β-unsaturated/α-hetero) is 1. The van der Waals surface area contributed by atoms with E-state index in [1.165, 1.54) is 12.1 Å². The Morgan fingerprint density at radius 3 is 2.60 bits per heavy atom. The molecule has 1 aromatic carbocycles. The number of fused-ring (bicyclic) bond motifs is 1. The molecule has 8 heteroatoms. The van der Waals surface area contributed by atoms with Crippen LogP contribution in [0.2, 0.25) is 5.02 Å². The second-order valence-corrected chi connectivity index (χ2v) is 7.56. The molecule has 0 saturated heterocycles. The summed E-state index contributed by atoms with van der Waals surface area (Å²) in [6, 6.07) is 8.17. The quantitative estimate of drug-likeness (QED) is 0.339. The summed E-state index contributed by atoms with van der Waals surface area (Å²) in [7, 11) is 0. The van der Waals surface area contributed by atoms with E-state index in [9.17, 15) is 9.59 Å². The van der Waals surface area contributed by atoms with Crippen LogP contribution in [0, 0.1) is 27.7 Å². The maximum absolute atomic E-state index is 12.8. The average Bonchev–Trinajstić information content (AvgIpc) is 3.22. The summed E-state index contributed by atoms with van der Waals surface area (Å²) in [4.78, 5) is 24.5. The van der Waals surface area contributed by atoms with E-state index >= 15 is 0 Å². The van der Waals surface area contributed by atoms with Gasteiger partial charge >= 0.3 is 5.63 Å². The topological polar surface area (TPSA) is 87.5 Å². The van der Waals surface area contributed by atoms with E-state index in [0.29, 0.717) is 33.1 Å². The van der Waals surface area contributed by atoms with Gasteiger partial charge in [-0.05, 0) is 45.4 Å². The Morgan fingerprint density at radius 1 is 1.13 bits per heavy atom. The van der Waals surface area contributed by atoms with Gasteiger partial charge in [0.2, 0.25) is 5.78 Å². The van der Waals surface area contributed by atoms with Gasteiger partial charge in [-0.25, -0.2) is 4.79 Å². The van der Waals surface area contributed by atoms with E-state index in [2.05, 4.69) is 5.16 Å². The molecular weight excluding hydrogens is 408 g/mol. The van der Waals surface area contributed by atoms with Gasteiger partial charge in [0, 0.05) is 40.5 Å². The zero-order valence-electron chi connectivity index (χ0n) is 16.9. The summed E-state index contributed by atoms with van der Waals surface area (Å²) >= 11 is 6.31. The number of rotatable bonds is 5. The predicted molar refractivity (Wildman–Crippen MR) is 112 cm³/mol. The first-order chi connectivity index (χ1) is 14.2. The zero-order chi connectivity index (χ0) is 21.6. The van der Waals surface area contributed by atoms with Crippen LogP contribution in [0.15, 0.2) is 44.1 Å². The fraction of sp³-hybridized carbons (Fsp3) is 0.227. The number of ether oxygens (including phenoxy) is 1. The van der Waals surface area contributed by atoms with Gasteiger partial charge in [-0.15, -0.1) is 0 Å². The molecule has 0 saturated carbocycles. The monoisotopic (exact) mass is 426 g/mol. The zero-order valence-corrected chi connectivity index (χ0v) is 17.7. The van der Waals surface area contributed by atoms with Crippen LogP contribution in [0.3, 0.4) is 0 Å². The number of aromatic nitrogens is 2. The van der Waals surface area contributed by atoms with Crippen LogP contribution in [0.25, 0.3) is 16.8 Å². The number of halogens is 1. The number of aryl methyl sites for hydroxylation is 3. The highest BCUT2D eigenvalue weighted by Crippen LogP contribution is 2.31. The van der Waals surface area contributed by atoms with E-state index in [1.807, 2.05) is 25.3 Å². The molecule has 0 N–H and O–H groups in total. The van der Waals surface area contributed by atoms with Crippen LogP contribution in [0.4, 0.5) is 0 Å². The van der Waals surface area contributed by atoms with E-state index in [-0.39, 0.29) is 18.1 Å². The summed E-state index contributed by atoms with van der Waals surface area (Å²) in [6.45, 7) is 7.11. The van der Waals surface area contributed by atoms with Crippen LogP contribution in [0.5, 0.6) is 5.75 Å². The number of nitrogens with zero attached hydrogens (tertiary/aromatic N) is 2. The summed E-state index contributed by atoms with van der Waals surface area (Å²) in [5.41, 5.74) is 2.76. The van der Waals surface area contributed by atoms with Crippen LogP contribution in [0.1, 0.15) is 33.1 Å². The molecule has 0 bridgehead atoms. The number of carbonyl (C=O) groups excluding carboxylic acids is 1. The lowest BCUT2D eigenvalue weighted by Gasteiger charge is -2.10. The first kappa shape index (κ1) is 20.0. The highest BCUT2D eigenvalue weighted by molar-refractivity contribution is 6.32. The molecule has 0 atom stereocenters. The fourth-order valence-electron chi connectivity index (χ4n) is 3.51. The van der Waals surface area contributed by atoms with Crippen molar-refractivity contribution in [2.75, 3.05) is 6.61 Å². The van der Waals surface area contributed by atoms with Crippen molar-refractivity contribution in [1.29, 1.82) is 0 Å². The Kier molecular flexibility index (Phi) is 4.99. The van der Waals surface area contributed by atoms with Crippen LogP contribution in [-0.2, 0) is 0 Å². The molecule has 30 heavy (non-hydrogen) atoms. The first-order valence-electron chi connectivity index (χ1n) is 9.27. The molecule has 3 heterocycles. The maximum atomic E-state index is 12.8. The Hall–Kier alpha value is -3.32. The van der Waals surface area contributed by atoms with Crippen molar-refractivity contribution in [2.45, 2.75) is 27.7 Å². The number of hydrogen-bond acceptors (Lipinski definition) is 6. The molecule has 154 valence electrons. The molecule has 4 aromatic rings. The third-order valence-corrected chi connectivity index (χ3v) is 5.23. The van der Waals surface area contributed by atoms with Gasteiger partial charge in [-0.3, -0.25) is 9.36 Å². The molecule has 3 aromatic heterocycles. The highest BCUT2D eigenvalue weighted by Gasteiger charge is 2.19. The van der Waals surface area contributed by atoms with Crippen molar-refractivity contribution in [1.82, 2.24) is 9.72 Å². The second-order valence-electron chi connectivity index (χ2n) is 7.16. The van der Waals surface area contributed by atoms with Gasteiger partial charge in [0.25, 0.3) is 0 Å². The Labute approximate surface area is 176 Å². The van der Waals surface area contributed by atoms with E-state index in [4.69, 9.17) is 25.3 Å². The van der Waals surface area contributed by atoms with E-state index < -0.39 is 5.63 Å². The van der Waals surface area contributed by atoms with Crippen molar-refractivity contribution in [3.05, 3.63) is 74.0 Å². The van der Waals surface area contributed by atoms with E-state index in [1.54, 1.807) is 25.1 Å². The number of benzene rings is 1. The lowest BCUT2D eigenvalue weighted by molar-refractivity contribution is 0.0921. The van der Waals surface area contributed by atoms with Crippen molar-refractivity contribution < 1.29 is 18.5 Å². The molecule has 0 aliphatic rings. The third kappa shape index (κ3) is 3.52. The molecule has 0 radical (unpaired) electrons. The number of carbonyl (C=O) groups is 1. The smallest absolute Gasteiger partial charge is 0.336 e. The van der Waals surface area contributed by atoms with E-state index in [0.717, 1.165) is 17.0 Å². The maximum Gasteiger partial charge on any atom is 0.336 e. The Bertz CT molecular complexity index is 1350. The lowest BCUT2D eigenvalue weighted by atomic mass is 10.1. The van der Waals surface area contributed by atoms with Gasteiger partial charge in [0.05, 0.1) is 5.02 Å². The minimum atomic E-state index is -0.458. The standard InChI is InChI=1S/C22H19ClN2O5/c1-11-5-22(27)29-19-9-20(17(23)8-15(11)19)28-10-18(26)16-6-12(2)25(14(16)4)21-7-13(3)30-24-21/h5-9H,10H2,1-4H3. The summed E-state index contributed by atoms with van der Waals surface area (Å²) in [5.74, 6) is 1.36. The van der Waals surface area contributed by atoms with Crippen molar-refractivity contribution >= 4 is 28.4 Å². The van der Waals surface area contributed by atoms with Gasteiger partial charge in [0.15, 0.2) is 12.4 Å². The number of ketones is 1. The molecule has 0 fully saturated rings. The normalized spacial score (nSPS) is 11.2. The minimum Gasteiger partial charge on any atom is -0.484 e. The minimum absolute atomic E-state index is 0.212. The first-order valence-corrected chi connectivity index (χ1v) is 9.65. The molecule has 0 spiro atoms. The van der Waals surface area contributed by atoms with Crippen molar-refractivity contribution in [2.24, 2.45) is 0 Å². The third-order valence-electron chi connectivity index (χ3n) is 4.94. The van der Waals surface area contributed by atoms with Gasteiger partial charge < -0.3 is 13.7 Å². The molecule has 0 aliphatic heterocycles. The summed E-state index contributed by atoms with van der Waals surface area (Å²) < 4.78 is 17.9. The largest absolute Gasteiger partial charge is 0.484 e. The van der Waals surface area contributed by atoms with Gasteiger partial charge in [-0.1, -0.05) is 16.8 Å². The average molecular weight is 427 g/mol. The second kappa shape index (κ2) is 7.50. The highest BCUT2D eigenvalue weighted by atomic mass is 35.5. The van der Waals surface area contributed by atoms with Crippen LogP contribution in [-0.4, -0.2) is 22.1 Å². The lowest BCUT2D eigenvalue weighted by Crippen LogP contribution is -2.13. The molecule has 4 rings (SSSR count). The summed E-state index contributed by atoms with van der Waals surface area (Å²) in [5, 5.41) is 5.06. The van der Waals surface area contributed by atoms with Gasteiger partial charge in [-0.2, -0.15) is 0 Å². The molecule has 0 unspecified atom stereocenters. The Balaban J connectivity index is 1.60. The predicted octanol–water partition coefficient (Wildman–Crippen LogP) is 4.72. The van der Waals surface area contributed by atoms with Crippen LogP contribution >= 0.6 is 11.6 Å². The molecule has 0 aliphatic carbocycles. The Morgan fingerprint density at radius 2 is 1.90 bits per heavy atom.